The van der Waals surface area contributed by atoms with E-state index in [9.17, 15) is 0 Å². The number of allylic oxidation sites excluding steroid dienone is 4. The van der Waals surface area contributed by atoms with Gasteiger partial charge in [-0.25, -0.2) is 0 Å². The Balaban J connectivity index is 2.33. The van der Waals surface area contributed by atoms with Crippen molar-refractivity contribution in [1.29, 1.82) is 0 Å². The highest BCUT2D eigenvalue weighted by molar-refractivity contribution is 9.10. The summed E-state index contributed by atoms with van der Waals surface area (Å²) in [6.07, 6.45) is 8.98. The molecule has 0 aromatic carbocycles. The van der Waals surface area contributed by atoms with Crippen LogP contribution in [0.1, 0.15) is 0 Å². The summed E-state index contributed by atoms with van der Waals surface area (Å²) in [5.41, 5.74) is 0. The lowest BCUT2D eigenvalue weighted by Gasteiger charge is -2.42. The van der Waals surface area contributed by atoms with Gasteiger partial charge in [0.15, 0.2) is 0 Å². The molecule has 0 heterocycles. The number of alkyl halides is 4. The summed E-state index contributed by atoms with van der Waals surface area (Å²) in [6.45, 7) is 0. The maximum absolute atomic E-state index is 3.73. The molecule has 0 spiro atoms. The van der Waals surface area contributed by atoms with E-state index in [4.69, 9.17) is 0 Å². The van der Waals surface area contributed by atoms with Gasteiger partial charge in [-0.05, 0) is 11.8 Å². The molecule has 4 unspecified atom stereocenters. The van der Waals surface area contributed by atoms with Crippen LogP contribution in [0.3, 0.4) is 0 Å². The Morgan fingerprint density at radius 1 is 0.500 bits per heavy atom. The first-order chi connectivity index (χ1) is 6.61. The SMILES string of the molecule is BrC1C=CC(Br)C2C(Br)C=CC(Br)C12. The van der Waals surface area contributed by atoms with Crippen molar-refractivity contribution >= 4 is 63.7 Å². The Labute approximate surface area is 118 Å². The van der Waals surface area contributed by atoms with E-state index >= 15 is 0 Å². The molecule has 4 heteroatoms. The molecule has 2 rings (SSSR count). The molecule has 14 heavy (non-hydrogen) atoms. The maximum Gasteiger partial charge on any atom is 0.0371 e. The second-order valence-corrected chi connectivity index (χ2v) is 7.93. The lowest BCUT2D eigenvalue weighted by Crippen LogP contribution is -2.43. The standard InChI is InChI=1S/C10H10Br4/c11-5-1-2-6(12)10-8(14)4-3-7(13)9(5)10/h1-10H. The van der Waals surface area contributed by atoms with E-state index in [1.807, 2.05) is 0 Å². The first kappa shape index (κ1) is 11.9. The van der Waals surface area contributed by atoms with Crippen LogP contribution in [0.15, 0.2) is 24.3 Å². The van der Waals surface area contributed by atoms with Gasteiger partial charge >= 0.3 is 0 Å². The first-order valence-corrected chi connectivity index (χ1v) is 8.20. The maximum atomic E-state index is 3.73. The Morgan fingerprint density at radius 2 is 0.714 bits per heavy atom. The van der Waals surface area contributed by atoms with E-state index in [0.29, 0.717) is 31.1 Å². The fourth-order valence-electron chi connectivity index (χ4n) is 2.14. The van der Waals surface area contributed by atoms with Crippen LogP contribution in [0.5, 0.6) is 0 Å². The van der Waals surface area contributed by atoms with Crippen molar-refractivity contribution < 1.29 is 0 Å². The van der Waals surface area contributed by atoms with Crippen LogP contribution in [0.2, 0.25) is 0 Å². The van der Waals surface area contributed by atoms with Crippen molar-refractivity contribution in [3.05, 3.63) is 24.3 Å². The molecular formula is C10H10Br4. The molecule has 78 valence electrons. The molecule has 0 saturated carbocycles. The topological polar surface area (TPSA) is 0 Å². The zero-order chi connectivity index (χ0) is 10.3. The summed E-state index contributed by atoms with van der Waals surface area (Å²) >= 11 is 14.9. The molecule has 2 aliphatic rings. The molecule has 0 N–H and O–H groups in total. The average molecular weight is 450 g/mol. The summed E-state index contributed by atoms with van der Waals surface area (Å²) in [6, 6.07) is 0. The highest BCUT2D eigenvalue weighted by atomic mass is 79.9. The van der Waals surface area contributed by atoms with Crippen LogP contribution >= 0.6 is 63.7 Å². The lowest BCUT2D eigenvalue weighted by molar-refractivity contribution is 0.355. The van der Waals surface area contributed by atoms with Gasteiger partial charge in [0.2, 0.25) is 0 Å². The molecule has 0 saturated heterocycles. The molecule has 0 aromatic rings. The number of halogens is 4. The second-order valence-electron chi connectivity index (χ2n) is 3.70. The van der Waals surface area contributed by atoms with Gasteiger partial charge in [-0.15, -0.1) is 0 Å². The predicted molar refractivity (Wildman–Crippen MR) is 76.1 cm³/mol. The Kier molecular flexibility index (Phi) is 4.00. The minimum atomic E-state index is 0.468. The third-order valence-electron chi connectivity index (χ3n) is 2.87. The van der Waals surface area contributed by atoms with E-state index < -0.39 is 0 Å². The van der Waals surface area contributed by atoms with E-state index in [2.05, 4.69) is 88.0 Å². The third kappa shape index (κ3) is 2.09. The van der Waals surface area contributed by atoms with Gasteiger partial charge < -0.3 is 0 Å². The molecule has 0 radical (unpaired) electrons. The van der Waals surface area contributed by atoms with Crippen molar-refractivity contribution in [2.75, 3.05) is 0 Å². The Morgan fingerprint density at radius 3 is 0.929 bits per heavy atom. The van der Waals surface area contributed by atoms with Crippen molar-refractivity contribution in [3.8, 4) is 0 Å². The van der Waals surface area contributed by atoms with E-state index in [-0.39, 0.29) is 0 Å². The number of rotatable bonds is 0. The molecule has 2 aliphatic carbocycles. The quantitative estimate of drug-likeness (QED) is 0.379. The molecule has 0 bridgehead atoms. The van der Waals surface area contributed by atoms with Crippen LogP contribution in [0, 0.1) is 11.8 Å². The summed E-state index contributed by atoms with van der Waals surface area (Å²) in [5.74, 6) is 1.22. The minimum Gasteiger partial charge on any atom is -0.0842 e. The van der Waals surface area contributed by atoms with Crippen molar-refractivity contribution in [2.24, 2.45) is 11.8 Å². The predicted octanol–water partition coefficient (Wildman–Crippen LogP) is 4.41. The van der Waals surface area contributed by atoms with Gasteiger partial charge in [0, 0.05) is 19.3 Å². The second kappa shape index (κ2) is 4.72. The largest absolute Gasteiger partial charge is 0.0842 e. The van der Waals surface area contributed by atoms with Crippen molar-refractivity contribution in [2.45, 2.75) is 19.3 Å². The number of hydrogen-bond donors (Lipinski definition) is 0. The van der Waals surface area contributed by atoms with Crippen LogP contribution in [0.25, 0.3) is 0 Å². The molecule has 0 aliphatic heterocycles. The van der Waals surface area contributed by atoms with Crippen LogP contribution in [-0.4, -0.2) is 19.3 Å². The highest BCUT2D eigenvalue weighted by Crippen LogP contribution is 2.45. The first-order valence-electron chi connectivity index (χ1n) is 4.54. The van der Waals surface area contributed by atoms with Crippen LogP contribution in [-0.2, 0) is 0 Å². The number of hydrogen-bond acceptors (Lipinski definition) is 0. The highest BCUT2D eigenvalue weighted by Gasteiger charge is 2.42. The number of fused-ring (bicyclic) bond motifs is 1. The van der Waals surface area contributed by atoms with E-state index in [1.54, 1.807) is 0 Å². The zero-order valence-electron chi connectivity index (χ0n) is 7.29. The van der Waals surface area contributed by atoms with Gasteiger partial charge in [0.05, 0.1) is 0 Å². The van der Waals surface area contributed by atoms with Crippen LogP contribution < -0.4 is 0 Å². The van der Waals surface area contributed by atoms with E-state index in [1.165, 1.54) is 0 Å². The van der Waals surface area contributed by atoms with Gasteiger partial charge in [-0.3, -0.25) is 0 Å². The van der Waals surface area contributed by atoms with Crippen molar-refractivity contribution in [3.63, 3.8) is 0 Å². The minimum absolute atomic E-state index is 0.468. The van der Waals surface area contributed by atoms with Crippen molar-refractivity contribution in [1.82, 2.24) is 0 Å². The lowest BCUT2D eigenvalue weighted by atomic mass is 9.76. The average Bonchev–Trinajstić information content (AvgIpc) is 2.16. The molecule has 0 nitrogen and oxygen atoms in total. The zero-order valence-corrected chi connectivity index (χ0v) is 13.6. The monoisotopic (exact) mass is 446 g/mol. The van der Waals surface area contributed by atoms with Gasteiger partial charge in [-0.1, -0.05) is 88.0 Å². The fourth-order valence-corrected chi connectivity index (χ4v) is 6.39. The molecule has 4 atom stereocenters. The Hall–Kier alpha value is 1.40. The smallest absolute Gasteiger partial charge is 0.0371 e. The van der Waals surface area contributed by atoms with Gasteiger partial charge in [-0.2, -0.15) is 0 Å². The van der Waals surface area contributed by atoms with Crippen LogP contribution in [0.4, 0.5) is 0 Å². The van der Waals surface area contributed by atoms with Gasteiger partial charge in [0.25, 0.3) is 0 Å². The molecule has 0 fully saturated rings. The molecule has 0 amide bonds. The Bertz CT molecular complexity index is 221. The normalized spacial score (nSPS) is 51.7. The summed E-state index contributed by atoms with van der Waals surface area (Å²) < 4.78 is 0. The summed E-state index contributed by atoms with van der Waals surface area (Å²) in [7, 11) is 0. The molecule has 0 aromatic heterocycles. The van der Waals surface area contributed by atoms with Gasteiger partial charge in [0.1, 0.15) is 0 Å². The fraction of sp³-hybridized carbons (Fsp3) is 0.600. The summed E-state index contributed by atoms with van der Waals surface area (Å²) in [5, 5.41) is 0. The third-order valence-corrected chi connectivity index (χ3v) is 6.54. The van der Waals surface area contributed by atoms with E-state index in [0.717, 1.165) is 0 Å². The molecular weight excluding hydrogens is 440 g/mol. The summed E-state index contributed by atoms with van der Waals surface area (Å²) in [4.78, 5) is 1.87.